The first-order chi connectivity index (χ1) is 7.26. The molecule has 5 nitrogen and oxygen atoms in total. The predicted octanol–water partition coefficient (Wildman–Crippen LogP) is 1.06. The molecule has 80 valence electrons. The Bertz CT molecular complexity index is 346. The number of hydrogen-bond donors (Lipinski definition) is 0. The van der Waals surface area contributed by atoms with Crippen LogP contribution in [-0.4, -0.2) is 29.7 Å². The van der Waals surface area contributed by atoms with Gasteiger partial charge < -0.3 is 9.47 Å². The molecule has 0 saturated heterocycles. The summed E-state index contributed by atoms with van der Waals surface area (Å²) in [6.45, 7) is 2.12. The zero-order chi connectivity index (χ0) is 11.1. The fourth-order valence-electron chi connectivity index (χ4n) is 0.872. The maximum atomic E-state index is 11.0. The van der Waals surface area contributed by atoms with Gasteiger partial charge in [0.2, 0.25) is 0 Å². The van der Waals surface area contributed by atoms with Crippen LogP contribution in [0.3, 0.4) is 0 Å². The van der Waals surface area contributed by atoms with Crippen LogP contribution in [0.5, 0.6) is 6.01 Å². The molecule has 0 aromatic carbocycles. The van der Waals surface area contributed by atoms with E-state index in [1.165, 1.54) is 13.2 Å². The van der Waals surface area contributed by atoms with Crippen molar-refractivity contribution in [1.29, 1.82) is 0 Å². The Morgan fingerprint density at radius 2 is 2.13 bits per heavy atom. The molecule has 0 N–H and O–H groups in total. The van der Waals surface area contributed by atoms with Gasteiger partial charge in [-0.1, -0.05) is 0 Å². The van der Waals surface area contributed by atoms with Gasteiger partial charge in [-0.25, -0.2) is 14.8 Å². The summed E-state index contributed by atoms with van der Waals surface area (Å²) in [6.07, 6.45) is 6.02. The molecule has 5 heteroatoms. The SMILES string of the molecule is CCOC(=O)C=Cc1cnc(OC)nc1. The number of carbonyl (C=O) groups is 1. The minimum absolute atomic E-state index is 0.295. The number of esters is 1. The maximum Gasteiger partial charge on any atom is 0.330 e. The molecule has 1 rings (SSSR count). The Morgan fingerprint density at radius 3 is 2.67 bits per heavy atom. The summed E-state index contributed by atoms with van der Waals surface area (Å²) in [5.41, 5.74) is 0.712. The van der Waals surface area contributed by atoms with Crippen LogP contribution in [0.2, 0.25) is 0 Å². The number of carbonyl (C=O) groups excluding carboxylic acids is 1. The molecule has 0 unspecified atom stereocenters. The lowest BCUT2D eigenvalue weighted by molar-refractivity contribution is -0.137. The molecule has 0 spiro atoms. The first-order valence-corrected chi connectivity index (χ1v) is 4.47. The molecular weight excluding hydrogens is 196 g/mol. The highest BCUT2D eigenvalue weighted by Crippen LogP contribution is 2.03. The average molecular weight is 208 g/mol. The van der Waals surface area contributed by atoms with Crippen molar-refractivity contribution in [3.05, 3.63) is 24.0 Å². The van der Waals surface area contributed by atoms with Crippen molar-refractivity contribution >= 4 is 12.0 Å². The molecule has 0 amide bonds. The number of methoxy groups -OCH3 is 1. The normalized spacial score (nSPS) is 10.3. The number of aromatic nitrogens is 2. The molecule has 0 bridgehead atoms. The van der Waals surface area contributed by atoms with E-state index in [-0.39, 0.29) is 5.97 Å². The Hall–Kier alpha value is -1.91. The molecule has 0 saturated carbocycles. The maximum absolute atomic E-state index is 11.0. The average Bonchev–Trinajstić information content (AvgIpc) is 2.27. The van der Waals surface area contributed by atoms with Crippen LogP contribution in [0, 0.1) is 0 Å². The van der Waals surface area contributed by atoms with Gasteiger partial charge in [0.1, 0.15) is 0 Å². The Morgan fingerprint density at radius 1 is 1.47 bits per heavy atom. The van der Waals surface area contributed by atoms with Gasteiger partial charge in [0.25, 0.3) is 0 Å². The second-order valence-corrected chi connectivity index (χ2v) is 2.59. The largest absolute Gasteiger partial charge is 0.467 e. The highest BCUT2D eigenvalue weighted by atomic mass is 16.5. The Labute approximate surface area is 87.8 Å². The van der Waals surface area contributed by atoms with Gasteiger partial charge in [0.15, 0.2) is 0 Å². The van der Waals surface area contributed by atoms with E-state index in [1.807, 2.05) is 0 Å². The summed E-state index contributed by atoms with van der Waals surface area (Å²) < 4.78 is 9.51. The van der Waals surface area contributed by atoms with Gasteiger partial charge in [0, 0.05) is 24.0 Å². The molecule has 0 aliphatic carbocycles. The summed E-state index contributed by atoms with van der Waals surface area (Å²) >= 11 is 0. The minimum atomic E-state index is -0.381. The molecule has 1 aromatic heterocycles. The number of hydrogen-bond acceptors (Lipinski definition) is 5. The molecule has 0 aliphatic heterocycles. The van der Waals surface area contributed by atoms with E-state index in [1.54, 1.807) is 25.4 Å². The topological polar surface area (TPSA) is 61.3 Å². The lowest BCUT2D eigenvalue weighted by atomic mass is 10.3. The lowest BCUT2D eigenvalue weighted by Crippen LogP contribution is -1.98. The van der Waals surface area contributed by atoms with E-state index in [4.69, 9.17) is 9.47 Å². The first kappa shape index (κ1) is 11.2. The van der Waals surface area contributed by atoms with Crippen LogP contribution in [0.25, 0.3) is 6.08 Å². The van der Waals surface area contributed by atoms with Crippen molar-refractivity contribution in [3.8, 4) is 6.01 Å². The summed E-state index contributed by atoms with van der Waals surface area (Å²) in [5.74, 6) is -0.381. The van der Waals surface area contributed by atoms with Crippen molar-refractivity contribution in [2.24, 2.45) is 0 Å². The van der Waals surface area contributed by atoms with Crippen molar-refractivity contribution < 1.29 is 14.3 Å². The van der Waals surface area contributed by atoms with E-state index in [0.717, 1.165) is 0 Å². The third kappa shape index (κ3) is 3.76. The molecule has 1 heterocycles. The Balaban J connectivity index is 2.60. The first-order valence-electron chi connectivity index (χ1n) is 4.47. The lowest BCUT2D eigenvalue weighted by Gasteiger charge is -1.97. The van der Waals surface area contributed by atoms with Crippen LogP contribution >= 0.6 is 0 Å². The van der Waals surface area contributed by atoms with Gasteiger partial charge in [-0.2, -0.15) is 0 Å². The summed E-state index contributed by atoms with van der Waals surface area (Å²) in [7, 11) is 1.49. The van der Waals surface area contributed by atoms with Crippen molar-refractivity contribution in [2.45, 2.75) is 6.92 Å². The van der Waals surface area contributed by atoms with E-state index in [9.17, 15) is 4.79 Å². The minimum Gasteiger partial charge on any atom is -0.467 e. The van der Waals surface area contributed by atoms with Crippen LogP contribution < -0.4 is 4.74 Å². The van der Waals surface area contributed by atoms with Gasteiger partial charge in [-0.05, 0) is 13.0 Å². The quantitative estimate of drug-likeness (QED) is 0.547. The number of rotatable bonds is 4. The fourth-order valence-corrected chi connectivity index (χ4v) is 0.872. The van der Waals surface area contributed by atoms with Crippen LogP contribution in [0.1, 0.15) is 12.5 Å². The molecule has 0 aliphatic rings. The molecule has 0 fully saturated rings. The van der Waals surface area contributed by atoms with Crippen molar-refractivity contribution in [1.82, 2.24) is 9.97 Å². The number of ether oxygens (including phenoxy) is 2. The van der Waals surface area contributed by atoms with Crippen LogP contribution in [-0.2, 0) is 9.53 Å². The standard InChI is InChI=1S/C10H12N2O3/c1-3-15-9(13)5-4-8-6-11-10(14-2)12-7-8/h4-7H,3H2,1-2H3. The third-order valence-electron chi connectivity index (χ3n) is 1.53. The van der Waals surface area contributed by atoms with E-state index in [0.29, 0.717) is 18.2 Å². The smallest absolute Gasteiger partial charge is 0.330 e. The zero-order valence-electron chi connectivity index (χ0n) is 8.64. The third-order valence-corrected chi connectivity index (χ3v) is 1.53. The van der Waals surface area contributed by atoms with Crippen molar-refractivity contribution in [3.63, 3.8) is 0 Å². The second kappa shape index (κ2) is 5.74. The second-order valence-electron chi connectivity index (χ2n) is 2.59. The molecule has 0 radical (unpaired) electrons. The van der Waals surface area contributed by atoms with Crippen LogP contribution in [0.4, 0.5) is 0 Å². The molecule has 1 aromatic rings. The van der Waals surface area contributed by atoms with Gasteiger partial charge >= 0.3 is 12.0 Å². The summed E-state index contributed by atoms with van der Waals surface area (Å²) in [4.78, 5) is 18.7. The van der Waals surface area contributed by atoms with Crippen molar-refractivity contribution in [2.75, 3.05) is 13.7 Å². The van der Waals surface area contributed by atoms with E-state index >= 15 is 0 Å². The fraction of sp³-hybridized carbons (Fsp3) is 0.300. The monoisotopic (exact) mass is 208 g/mol. The van der Waals surface area contributed by atoms with Gasteiger partial charge in [-0.15, -0.1) is 0 Å². The molecule has 0 atom stereocenters. The summed E-state index contributed by atoms with van der Waals surface area (Å²) in [6, 6.07) is 0.295. The van der Waals surface area contributed by atoms with Gasteiger partial charge in [-0.3, -0.25) is 0 Å². The van der Waals surface area contributed by atoms with Crippen LogP contribution in [0.15, 0.2) is 18.5 Å². The molecular formula is C10H12N2O3. The molecule has 15 heavy (non-hydrogen) atoms. The zero-order valence-corrected chi connectivity index (χ0v) is 8.64. The predicted molar refractivity (Wildman–Crippen MR) is 54.3 cm³/mol. The summed E-state index contributed by atoms with van der Waals surface area (Å²) in [5, 5.41) is 0. The highest BCUT2D eigenvalue weighted by Gasteiger charge is 1.96. The van der Waals surface area contributed by atoms with Gasteiger partial charge in [0.05, 0.1) is 13.7 Å². The number of nitrogens with zero attached hydrogens (tertiary/aromatic N) is 2. The Kier molecular flexibility index (Phi) is 4.28. The highest BCUT2D eigenvalue weighted by molar-refractivity contribution is 5.86. The van der Waals surface area contributed by atoms with E-state index < -0.39 is 0 Å². The van der Waals surface area contributed by atoms with E-state index in [2.05, 4.69) is 9.97 Å².